The third-order valence-corrected chi connectivity index (χ3v) is 11.1. The summed E-state index contributed by atoms with van der Waals surface area (Å²) in [5, 5.41) is 11.1. The Labute approximate surface area is 208 Å². The number of carboxylic acids is 1. The zero-order chi connectivity index (χ0) is 24.9. The van der Waals surface area contributed by atoms with E-state index in [0.717, 1.165) is 36.7 Å². The summed E-state index contributed by atoms with van der Waals surface area (Å²) < 4.78 is 19.2. The topological polar surface area (TPSA) is 82.1 Å². The highest BCUT2D eigenvalue weighted by Crippen LogP contribution is 2.80. The van der Waals surface area contributed by atoms with E-state index in [1.807, 2.05) is 6.92 Å². The molecule has 0 aromatic heterocycles. The molecule has 0 radical (unpaired) electrons. The maximum absolute atomic E-state index is 13.5. The van der Waals surface area contributed by atoms with Crippen molar-refractivity contribution in [3.05, 3.63) is 23.8 Å². The largest absolute Gasteiger partial charge is 0.480 e. The second-order valence-electron chi connectivity index (χ2n) is 12.8. The van der Waals surface area contributed by atoms with Crippen molar-refractivity contribution in [3.8, 4) is 0 Å². The van der Waals surface area contributed by atoms with Gasteiger partial charge in [-0.15, -0.1) is 0 Å². The van der Waals surface area contributed by atoms with Gasteiger partial charge in [-0.05, 0) is 61.9 Å². The first kappa shape index (κ1) is 23.9. The normalized spacial score (nSPS) is 51.9. The molecule has 5 fully saturated rings. The Hall–Kier alpha value is -1.50. The Morgan fingerprint density at radius 3 is 2.77 bits per heavy atom. The molecule has 0 aromatic carbocycles. The van der Waals surface area contributed by atoms with Crippen molar-refractivity contribution in [1.82, 2.24) is 0 Å². The molecule has 0 aromatic rings. The molecule has 1 N–H and O–H groups in total. The van der Waals surface area contributed by atoms with Gasteiger partial charge in [-0.1, -0.05) is 45.4 Å². The number of aldehydes is 1. The van der Waals surface area contributed by atoms with E-state index < -0.39 is 22.4 Å². The van der Waals surface area contributed by atoms with Crippen LogP contribution in [0.1, 0.15) is 59.8 Å². The fraction of sp³-hybridized carbons (Fsp3) is 0.793. The predicted molar refractivity (Wildman–Crippen MR) is 130 cm³/mol. The van der Waals surface area contributed by atoms with Crippen molar-refractivity contribution in [3.63, 3.8) is 0 Å². The van der Waals surface area contributed by atoms with Crippen LogP contribution in [0.5, 0.6) is 0 Å². The number of rotatable bonds is 6. The van der Waals surface area contributed by atoms with Gasteiger partial charge in [0.05, 0.1) is 42.5 Å². The highest BCUT2D eigenvalue weighted by molar-refractivity contribution is 5.91. The summed E-state index contributed by atoms with van der Waals surface area (Å²) in [7, 11) is 0. The fourth-order valence-corrected chi connectivity index (χ4v) is 9.85. The maximum atomic E-state index is 13.5. The van der Waals surface area contributed by atoms with Crippen LogP contribution in [0, 0.1) is 46.3 Å². The van der Waals surface area contributed by atoms with Crippen LogP contribution in [0.2, 0.25) is 0 Å². The quantitative estimate of drug-likeness (QED) is 0.444. The van der Waals surface area contributed by atoms with Gasteiger partial charge in [0, 0.05) is 11.8 Å². The first-order chi connectivity index (χ1) is 16.6. The SMILES string of the molecule is C=C1CO[C@H]2[C@@H]1CC(CO[C@@]13C[C@@H]4[C@H](C)CC[C@H]4[C@@]4(C=O)C[C@@H]1C=C(C(C)C)[C@@]34C(=O)O)O[C@@H]2C. The molecular weight excluding hydrogens is 444 g/mol. The van der Waals surface area contributed by atoms with Crippen LogP contribution >= 0.6 is 0 Å². The maximum Gasteiger partial charge on any atom is 0.317 e. The molecular formula is C29H40O6. The van der Waals surface area contributed by atoms with E-state index in [-0.39, 0.29) is 42.0 Å². The molecule has 192 valence electrons. The van der Waals surface area contributed by atoms with Crippen molar-refractivity contribution < 1.29 is 28.9 Å². The number of hydrogen-bond donors (Lipinski definition) is 1. The molecule has 6 nitrogen and oxygen atoms in total. The lowest BCUT2D eigenvalue weighted by atomic mass is 9.45. The van der Waals surface area contributed by atoms with E-state index in [1.54, 1.807) is 0 Å². The smallest absolute Gasteiger partial charge is 0.317 e. The lowest BCUT2D eigenvalue weighted by molar-refractivity contribution is -0.225. The molecule has 2 saturated heterocycles. The summed E-state index contributed by atoms with van der Waals surface area (Å²) in [4.78, 5) is 26.6. The number of ether oxygens (including phenoxy) is 3. The summed E-state index contributed by atoms with van der Waals surface area (Å²) >= 11 is 0. The van der Waals surface area contributed by atoms with Crippen LogP contribution in [0.15, 0.2) is 23.8 Å². The number of fused-ring (bicyclic) bond motifs is 3. The Morgan fingerprint density at radius 2 is 2.09 bits per heavy atom. The minimum Gasteiger partial charge on any atom is -0.480 e. The Kier molecular flexibility index (Phi) is 5.29. The standard InChI is InChI=1S/C29H40O6/c1-15(2)24-8-19-10-27(14-30)23-7-6-16(3)22(23)11-28(19,29(24,27)26(31)32)34-13-20-9-21-17(4)12-33-25(21)18(5)35-20/h8,14-16,18-23,25H,4,6-7,9-13H2,1-3,5H3,(H,31,32)/t16-,18-,19+,20?,21-,22-,23-,25-,27+,28+,29+/m1/s1. The number of aliphatic carboxylic acids is 1. The molecule has 2 heterocycles. The van der Waals surface area contributed by atoms with Gasteiger partial charge >= 0.3 is 5.97 Å². The van der Waals surface area contributed by atoms with Crippen LogP contribution in [0.3, 0.4) is 0 Å². The average Bonchev–Trinajstić information content (AvgIpc) is 3.50. The molecule has 0 spiro atoms. The highest BCUT2D eigenvalue weighted by Gasteiger charge is 2.85. The average molecular weight is 485 g/mol. The summed E-state index contributed by atoms with van der Waals surface area (Å²) in [5.41, 5.74) is -1.08. The number of carbonyl (C=O) groups is 2. The van der Waals surface area contributed by atoms with E-state index >= 15 is 0 Å². The monoisotopic (exact) mass is 484 g/mol. The second-order valence-corrected chi connectivity index (χ2v) is 12.8. The van der Waals surface area contributed by atoms with E-state index in [4.69, 9.17) is 14.2 Å². The molecule has 0 amide bonds. The first-order valence-electron chi connectivity index (χ1n) is 13.6. The lowest BCUT2D eigenvalue weighted by Gasteiger charge is -2.58. The van der Waals surface area contributed by atoms with Gasteiger partial charge in [0.25, 0.3) is 0 Å². The summed E-state index contributed by atoms with van der Waals surface area (Å²) in [5.74, 6) is 0.259. The number of carbonyl (C=O) groups excluding carboxylic acids is 1. The second kappa shape index (κ2) is 7.75. The van der Waals surface area contributed by atoms with Crippen molar-refractivity contribution in [2.24, 2.45) is 46.3 Å². The Bertz CT molecular complexity index is 986. The van der Waals surface area contributed by atoms with Gasteiger partial charge in [0.2, 0.25) is 0 Å². The summed E-state index contributed by atoms with van der Waals surface area (Å²) in [6.45, 7) is 13.6. The van der Waals surface area contributed by atoms with E-state index in [1.165, 1.54) is 0 Å². The van der Waals surface area contributed by atoms with Gasteiger partial charge in [0.15, 0.2) is 0 Å². The van der Waals surface area contributed by atoms with Gasteiger partial charge in [0.1, 0.15) is 11.7 Å². The lowest BCUT2D eigenvalue weighted by Crippen LogP contribution is -2.66. The fourth-order valence-electron chi connectivity index (χ4n) is 9.85. The predicted octanol–water partition coefficient (Wildman–Crippen LogP) is 4.43. The van der Waals surface area contributed by atoms with Gasteiger partial charge in [-0.25, -0.2) is 0 Å². The van der Waals surface area contributed by atoms with Crippen LogP contribution < -0.4 is 0 Å². The van der Waals surface area contributed by atoms with Crippen molar-refractivity contribution in [2.45, 2.75) is 83.7 Å². The molecule has 11 atom stereocenters. The van der Waals surface area contributed by atoms with E-state index in [2.05, 4.69) is 33.4 Å². The molecule has 2 aliphatic heterocycles. The number of carboxylic acid groups (broad SMARTS) is 1. The third-order valence-electron chi connectivity index (χ3n) is 11.1. The molecule has 6 aliphatic rings. The zero-order valence-corrected chi connectivity index (χ0v) is 21.5. The van der Waals surface area contributed by atoms with Crippen molar-refractivity contribution in [1.29, 1.82) is 0 Å². The van der Waals surface area contributed by atoms with Crippen molar-refractivity contribution >= 4 is 12.3 Å². The first-order valence-corrected chi connectivity index (χ1v) is 13.6. The molecule has 1 unspecified atom stereocenters. The van der Waals surface area contributed by atoms with Crippen LogP contribution in [0.25, 0.3) is 0 Å². The van der Waals surface area contributed by atoms with E-state index in [0.29, 0.717) is 37.9 Å². The third kappa shape index (κ3) is 2.72. The van der Waals surface area contributed by atoms with Crippen LogP contribution in [-0.2, 0) is 23.8 Å². The highest BCUT2D eigenvalue weighted by atomic mass is 16.6. The van der Waals surface area contributed by atoms with Crippen molar-refractivity contribution in [2.75, 3.05) is 13.2 Å². The Balaban J connectivity index is 1.39. The molecule has 4 bridgehead atoms. The van der Waals surface area contributed by atoms with Gasteiger partial charge < -0.3 is 24.1 Å². The molecule has 6 rings (SSSR count). The van der Waals surface area contributed by atoms with Crippen LogP contribution in [0.4, 0.5) is 0 Å². The molecule has 35 heavy (non-hydrogen) atoms. The van der Waals surface area contributed by atoms with Gasteiger partial charge in [-0.2, -0.15) is 0 Å². The number of hydrogen-bond acceptors (Lipinski definition) is 5. The van der Waals surface area contributed by atoms with E-state index in [9.17, 15) is 14.7 Å². The minimum atomic E-state index is -1.30. The minimum absolute atomic E-state index is 0.0386. The zero-order valence-electron chi connectivity index (χ0n) is 21.5. The molecule has 6 heteroatoms. The summed E-state index contributed by atoms with van der Waals surface area (Å²) in [6, 6.07) is 0. The molecule has 3 saturated carbocycles. The molecule has 4 aliphatic carbocycles. The Morgan fingerprint density at radius 1 is 1.31 bits per heavy atom. The summed E-state index contributed by atoms with van der Waals surface area (Å²) in [6.07, 6.45) is 7.13. The van der Waals surface area contributed by atoms with Gasteiger partial charge in [-0.3, -0.25) is 4.79 Å². The van der Waals surface area contributed by atoms with Crippen LogP contribution in [-0.4, -0.2) is 54.5 Å².